The zero-order valence-electron chi connectivity index (χ0n) is 20.7. The number of hydrogen-bond acceptors (Lipinski definition) is 9. The lowest BCUT2D eigenvalue weighted by Crippen LogP contribution is -2.40. The van der Waals surface area contributed by atoms with Gasteiger partial charge in [0.15, 0.2) is 5.82 Å². The molecule has 2 atom stereocenters. The number of halogens is 5. The predicted octanol–water partition coefficient (Wildman–Crippen LogP) is 2.33. The Morgan fingerprint density at radius 3 is 2.46 bits per heavy atom. The van der Waals surface area contributed by atoms with E-state index in [1.54, 1.807) is 0 Å². The van der Waals surface area contributed by atoms with E-state index < -0.39 is 52.8 Å². The summed E-state index contributed by atoms with van der Waals surface area (Å²) in [6.07, 6.45) is -3.56. The van der Waals surface area contributed by atoms with Gasteiger partial charge < -0.3 is 21.7 Å². The first-order valence-electron chi connectivity index (χ1n) is 11.8. The summed E-state index contributed by atoms with van der Waals surface area (Å²) in [7, 11) is 0. The van der Waals surface area contributed by atoms with Gasteiger partial charge in [0, 0.05) is 18.7 Å². The van der Waals surface area contributed by atoms with E-state index >= 15 is 0 Å². The molecule has 5 rings (SSSR count). The van der Waals surface area contributed by atoms with E-state index in [2.05, 4.69) is 20.3 Å². The minimum Gasteiger partial charge on any atom is -0.382 e. The van der Waals surface area contributed by atoms with Gasteiger partial charge >= 0.3 is 6.43 Å². The van der Waals surface area contributed by atoms with E-state index in [-0.39, 0.29) is 53.1 Å². The highest BCUT2D eigenvalue weighted by molar-refractivity contribution is 5.80. The van der Waals surface area contributed by atoms with Crippen LogP contribution in [0.2, 0.25) is 0 Å². The third-order valence-corrected chi connectivity index (χ3v) is 6.44. The number of fused-ring (bicyclic) bond motifs is 1. The molecule has 1 amide bonds. The van der Waals surface area contributed by atoms with Gasteiger partial charge in [-0.3, -0.25) is 14.2 Å². The second-order valence-electron chi connectivity index (χ2n) is 9.06. The minimum atomic E-state index is -3.35. The number of anilines is 3. The van der Waals surface area contributed by atoms with Crippen LogP contribution >= 0.6 is 0 Å². The number of nitrogens with zero attached hydrogens (tertiary/aromatic N) is 6. The van der Waals surface area contributed by atoms with Crippen molar-refractivity contribution >= 4 is 34.4 Å². The van der Waals surface area contributed by atoms with E-state index in [0.717, 1.165) is 22.8 Å². The molecule has 5 N–H and O–H groups in total. The number of rotatable bonds is 5. The summed E-state index contributed by atoms with van der Waals surface area (Å²) in [5, 5.41) is 11.4. The number of nitriles is 1. The number of carbonyl (C=O) groups is 1. The molecule has 0 saturated carbocycles. The third kappa shape index (κ3) is 4.93. The number of nitrogens with one attached hydrogen (secondary N) is 1. The summed E-state index contributed by atoms with van der Waals surface area (Å²) < 4.78 is 70.3. The Bertz CT molecular complexity index is 1790. The Kier molecular flexibility index (Phi) is 6.87. The summed E-state index contributed by atoms with van der Waals surface area (Å²) >= 11 is 0. The van der Waals surface area contributed by atoms with Gasteiger partial charge in [-0.15, -0.1) is 0 Å². The van der Waals surface area contributed by atoms with Crippen LogP contribution in [0.15, 0.2) is 41.2 Å². The Labute approximate surface area is 226 Å². The average Bonchev–Trinajstić information content (AvgIpc) is 3.30. The van der Waals surface area contributed by atoms with Crippen molar-refractivity contribution in [1.82, 2.24) is 24.8 Å². The molecule has 2 aromatic carbocycles. The van der Waals surface area contributed by atoms with Crippen LogP contribution in [0.3, 0.4) is 0 Å². The smallest absolute Gasteiger partial charge is 0.315 e. The van der Waals surface area contributed by atoms with Crippen LogP contribution in [0.1, 0.15) is 23.9 Å². The van der Waals surface area contributed by atoms with E-state index in [0.29, 0.717) is 6.07 Å². The van der Waals surface area contributed by atoms with Crippen molar-refractivity contribution in [2.75, 3.05) is 22.9 Å². The highest BCUT2D eigenvalue weighted by Crippen LogP contribution is 2.38. The Morgan fingerprint density at radius 1 is 1.10 bits per heavy atom. The maximum Gasteiger partial charge on any atom is 0.315 e. The molecule has 16 heteroatoms. The Balaban J connectivity index is 1.80. The molecule has 1 unspecified atom stereocenters. The molecular weight excluding hydrogens is 553 g/mol. The number of hydrogen-bond donors (Lipinski definition) is 3. The van der Waals surface area contributed by atoms with Gasteiger partial charge in [0.05, 0.1) is 17.2 Å². The quantitative estimate of drug-likeness (QED) is 0.305. The molecule has 0 radical (unpaired) electrons. The van der Waals surface area contributed by atoms with Gasteiger partial charge in [-0.1, -0.05) is 6.07 Å². The Hall–Kier alpha value is -5.33. The number of aromatic nitrogens is 4. The van der Waals surface area contributed by atoms with Crippen LogP contribution in [-0.2, 0) is 4.79 Å². The molecule has 4 aromatic rings. The SMILES string of the molecule is N#Cc1c(N)nc(N)nc1N1CC(NC(=O)C(F)F)C[C@H]1c1nc2cccc(F)c2c(=O)n1-c1cc(F)cc(F)c1. The molecule has 0 bridgehead atoms. The fourth-order valence-electron chi connectivity index (χ4n) is 4.83. The van der Waals surface area contributed by atoms with E-state index in [1.165, 1.54) is 17.0 Å². The standard InChI is InChI=1S/C25H18F5N9O2/c26-10-4-11(27)6-13(5-10)39-22(35-16-3-1-2-15(28)18(16)24(39)41)17-7-12(34-23(40)19(29)30)9-38(17)21-14(8-31)20(32)36-25(33)37-21/h1-6,12,17,19H,7,9H2,(H,34,40)(H4,32,33,36,37)/t12?,17-/m0/s1. The lowest BCUT2D eigenvalue weighted by molar-refractivity contribution is -0.132. The van der Waals surface area contributed by atoms with Crippen molar-refractivity contribution in [3.8, 4) is 11.8 Å². The van der Waals surface area contributed by atoms with Crippen molar-refractivity contribution in [3.63, 3.8) is 0 Å². The summed E-state index contributed by atoms with van der Waals surface area (Å²) in [6.45, 7) is -0.262. The molecule has 3 heterocycles. The summed E-state index contributed by atoms with van der Waals surface area (Å²) in [6, 6.07) is 5.45. The van der Waals surface area contributed by atoms with Crippen molar-refractivity contribution < 1.29 is 26.7 Å². The largest absolute Gasteiger partial charge is 0.382 e. The van der Waals surface area contributed by atoms with Crippen molar-refractivity contribution in [1.29, 1.82) is 5.26 Å². The van der Waals surface area contributed by atoms with Crippen molar-refractivity contribution in [2.24, 2.45) is 0 Å². The number of nitrogens with two attached hydrogens (primary N) is 2. The van der Waals surface area contributed by atoms with E-state index in [1.807, 2.05) is 6.07 Å². The molecule has 1 saturated heterocycles. The summed E-state index contributed by atoms with van der Waals surface area (Å²) in [5.41, 5.74) is 9.84. The third-order valence-electron chi connectivity index (χ3n) is 6.44. The summed E-state index contributed by atoms with van der Waals surface area (Å²) in [4.78, 5) is 39.1. The van der Waals surface area contributed by atoms with E-state index in [4.69, 9.17) is 11.5 Å². The van der Waals surface area contributed by atoms with E-state index in [9.17, 15) is 36.8 Å². The first-order valence-corrected chi connectivity index (χ1v) is 11.8. The molecular formula is C25H18F5N9O2. The fourth-order valence-corrected chi connectivity index (χ4v) is 4.83. The predicted molar refractivity (Wildman–Crippen MR) is 135 cm³/mol. The minimum absolute atomic E-state index is 0.125. The van der Waals surface area contributed by atoms with Gasteiger partial charge in [-0.2, -0.15) is 24.0 Å². The lowest BCUT2D eigenvalue weighted by Gasteiger charge is -2.28. The van der Waals surface area contributed by atoms with Crippen LogP contribution in [0.5, 0.6) is 0 Å². The number of amides is 1. The zero-order chi connectivity index (χ0) is 29.6. The van der Waals surface area contributed by atoms with Gasteiger partial charge in [0.1, 0.15) is 46.1 Å². The number of carbonyl (C=O) groups excluding carboxylic acids is 1. The highest BCUT2D eigenvalue weighted by Gasteiger charge is 2.40. The second-order valence-corrected chi connectivity index (χ2v) is 9.06. The number of nitrogen functional groups attached to an aromatic ring is 2. The molecule has 210 valence electrons. The van der Waals surface area contributed by atoms with Crippen LogP contribution in [0, 0.1) is 28.8 Å². The Morgan fingerprint density at radius 2 is 1.80 bits per heavy atom. The normalized spacial score (nSPS) is 16.8. The molecule has 0 spiro atoms. The molecule has 1 fully saturated rings. The molecule has 2 aromatic heterocycles. The average molecular weight is 571 g/mol. The van der Waals surface area contributed by atoms with Gasteiger partial charge in [-0.25, -0.2) is 18.2 Å². The first kappa shape index (κ1) is 27.2. The maximum absolute atomic E-state index is 14.8. The first-order chi connectivity index (χ1) is 19.5. The summed E-state index contributed by atoms with van der Waals surface area (Å²) in [5.74, 6) is -5.73. The second kappa shape index (κ2) is 10.3. The van der Waals surface area contributed by atoms with Crippen LogP contribution < -0.4 is 27.2 Å². The lowest BCUT2D eigenvalue weighted by atomic mass is 10.1. The van der Waals surface area contributed by atoms with Gasteiger partial charge in [0.25, 0.3) is 11.5 Å². The topological polar surface area (TPSA) is 169 Å². The maximum atomic E-state index is 14.8. The van der Waals surface area contributed by atoms with Gasteiger partial charge in [-0.05, 0) is 30.7 Å². The molecule has 1 aliphatic heterocycles. The van der Waals surface area contributed by atoms with Crippen molar-refractivity contribution in [2.45, 2.75) is 24.9 Å². The molecule has 41 heavy (non-hydrogen) atoms. The number of alkyl halides is 2. The monoisotopic (exact) mass is 571 g/mol. The van der Waals surface area contributed by atoms with Crippen LogP contribution in [0.4, 0.5) is 39.5 Å². The van der Waals surface area contributed by atoms with Crippen LogP contribution in [0.25, 0.3) is 16.6 Å². The molecule has 11 nitrogen and oxygen atoms in total. The molecule has 0 aliphatic carbocycles. The zero-order valence-corrected chi connectivity index (χ0v) is 20.7. The van der Waals surface area contributed by atoms with Gasteiger partial charge in [0.2, 0.25) is 5.95 Å². The molecule has 1 aliphatic rings. The fraction of sp³-hybridized carbons (Fsp3) is 0.200. The number of benzene rings is 2. The van der Waals surface area contributed by atoms with Crippen molar-refractivity contribution in [3.05, 3.63) is 75.6 Å². The van der Waals surface area contributed by atoms with Crippen LogP contribution in [-0.4, -0.2) is 44.4 Å². The highest BCUT2D eigenvalue weighted by atomic mass is 19.3.